The van der Waals surface area contributed by atoms with Crippen molar-refractivity contribution in [2.75, 3.05) is 12.3 Å². The molecule has 0 spiro atoms. The number of nitrogens with zero attached hydrogens (tertiary/aromatic N) is 2. The fourth-order valence-corrected chi connectivity index (χ4v) is 8.74. The fourth-order valence-electron chi connectivity index (χ4n) is 8.74. The molecule has 2 aromatic heterocycles. The molecule has 8 heteroatoms. The number of aliphatic hydroxyl groups excluding tert-OH is 3. The number of nitrogens with two attached hydrogens (primary N) is 1. The number of aromatic hydroxyl groups is 1. The lowest BCUT2D eigenvalue weighted by Crippen LogP contribution is -2.37. The molecular weight excluding hydrogens is 614 g/mol. The number of aliphatic hydroxyl groups is 3. The molecule has 2 heterocycles. The Morgan fingerprint density at radius 1 is 1.02 bits per heavy atom. The molecular formula is C41H52N3O5-. The molecule has 8 atom stereocenters. The molecule has 49 heavy (non-hydrogen) atoms. The highest BCUT2D eigenvalue weighted by Crippen LogP contribution is 2.52. The van der Waals surface area contributed by atoms with Crippen LogP contribution in [0.2, 0.25) is 0 Å². The van der Waals surface area contributed by atoms with Gasteiger partial charge in [-0.2, -0.15) is 11.9 Å². The monoisotopic (exact) mass is 666 g/mol. The van der Waals surface area contributed by atoms with Crippen molar-refractivity contribution >= 4 is 5.82 Å². The number of pyridine rings is 1. The summed E-state index contributed by atoms with van der Waals surface area (Å²) >= 11 is 0. The number of ether oxygens (including phenoxy) is 1. The molecule has 6 N–H and O–H groups in total. The van der Waals surface area contributed by atoms with Gasteiger partial charge in [-0.25, -0.2) is 4.98 Å². The highest BCUT2D eigenvalue weighted by Gasteiger charge is 2.43. The van der Waals surface area contributed by atoms with Crippen LogP contribution < -0.4 is 15.5 Å². The molecule has 1 aromatic carbocycles. The minimum absolute atomic E-state index is 0.0145. The normalized spacial score (nSPS) is 28.0. The third-order valence-corrected chi connectivity index (χ3v) is 11.4. The minimum atomic E-state index is -0.752. The van der Waals surface area contributed by atoms with Gasteiger partial charge in [0, 0.05) is 29.9 Å². The van der Waals surface area contributed by atoms with Crippen molar-refractivity contribution < 1.29 is 25.2 Å². The van der Waals surface area contributed by atoms with E-state index >= 15 is 0 Å². The second kappa shape index (κ2) is 15.8. The van der Waals surface area contributed by atoms with Gasteiger partial charge < -0.3 is 35.9 Å². The zero-order chi connectivity index (χ0) is 34.4. The van der Waals surface area contributed by atoms with Crippen molar-refractivity contribution in [3.05, 3.63) is 83.8 Å². The van der Waals surface area contributed by atoms with Crippen LogP contribution >= 0.6 is 0 Å². The molecule has 262 valence electrons. The highest BCUT2D eigenvalue weighted by atomic mass is 16.5. The van der Waals surface area contributed by atoms with Gasteiger partial charge in [-0.05, 0) is 91.7 Å². The number of anilines is 1. The molecule has 8 nitrogen and oxygen atoms in total. The van der Waals surface area contributed by atoms with Crippen LogP contribution in [0.3, 0.4) is 0 Å². The first-order valence-electron chi connectivity index (χ1n) is 18.3. The van der Waals surface area contributed by atoms with Crippen LogP contribution in [0.1, 0.15) is 106 Å². The quantitative estimate of drug-likeness (QED) is 0.124. The molecule has 0 aliphatic heterocycles. The second-order valence-electron chi connectivity index (χ2n) is 14.5. The Hall–Kier alpha value is -3.77. The molecule has 3 aliphatic carbocycles. The van der Waals surface area contributed by atoms with Gasteiger partial charge in [0.25, 0.3) is 0 Å². The van der Waals surface area contributed by atoms with Crippen LogP contribution in [-0.2, 0) is 5.41 Å². The predicted octanol–water partition coefficient (Wildman–Crippen LogP) is 6.35. The number of phenols is 1. The Bertz CT molecular complexity index is 1600. The number of nitrogen functional groups attached to an aromatic ring is 1. The van der Waals surface area contributed by atoms with Gasteiger partial charge in [0.1, 0.15) is 11.9 Å². The van der Waals surface area contributed by atoms with Gasteiger partial charge >= 0.3 is 0 Å². The van der Waals surface area contributed by atoms with E-state index in [4.69, 9.17) is 15.5 Å². The van der Waals surface area contributed by atoms with E-state index in [9.17, 15) is 20.4 Å². The SMILES string of the molecule is CCC1C#CC2C=CC(c3ccc(O)c(OC(CO)CC(c4ccnc(N)c4)C4(c5ccc[n-]5)CCCC4)c3)CC(O)C2C(O)CCCC1. The van der Waals surface area contributed by atoms with Gasteiger partial charge in [0.05, 0.1) is 18.8 Å². The van der Waals surface area contributed by atoms with Crippen LogP contribution in [0.5, 0.6) is 11.5 Å². The summed E-state index contributed by atoms with van der Waals surface area (Å²) in [5.74, 6) is 7.09. The average molecular weight is 667 g/mol. The van der Waals surface area contributed by atoms with E-state index in [1.807, 2.05) is 36.5 Å². The van der Waals surface area contributed by atoms with Gasteiger partial charge in [-0.1, -0.05) is 74.8 Å². The number of benzene rings is 1. The van der Waals surface area contributed by atoms with Crippen LogP contribution in [0.4, 0.5) is 5.82 Å². The Morgan fingerprint density at radius 3 is 2.57 bits per heavy atom. The van der Waals surface area contributed by atoms with Crippen molar-refractivity contribution in [1.82, 2.24) is 9.97 Å². The van der Waals surface area contributed by atoms with Crippen molar-refractivity contribution in [1.29, 1.82) is 0 Å². The molecule has 3 aliphatic rings. The van der Waals surface area contributed by atoms with Gasteiger partial charge in [-0.3, -0.25) is 0 Å². The van der Waals surface area contributed by atoms with Crippen molar-refractivity contribution in [2.24, 2.45) is 17.8 Å². The van der Waals surface area contributed by atoms with E-state index in [2.05, 4.69) is 42.0 Å². The van der Waals surface area contributed by atoms with Crippen molar-refractivity contribution in [2.45, 2.75) is 113 Å². The van der Waals surface area contributed by atoms with E-state index < -0.39 is 18.3 Å². The summed E-state index contributed by atoms with van der Waals surface area (Å²) in [4.78, 5) is 9.00. The fraction of sp³-hybridized carbons (Fsp3) is 0.537. The number of hydrogen-bond acceptors (Lipinski definition) is 7. The molecule has 0 bridgehead atoms. The maximum Gasteiger partial charge on any atom is 0.161 e. The maximum absolute atomic E-state index is 11.5. The number of hydrogen-bond donors (Lipinski definition) is 5. The summed E-state index contributed by atoms with van der Waals surface area (Å²) in [5.41, 5.74) is 8.89. The second-order valence-corrected chi connectivity index (χ2v) is 14.5. The Balaban J connectivity index is 1.27. The predicted molar refractivity (Wildman–Crippen MR) is 191 cm³/mol. The van der Waals surface area contributed by atoms with E-state index in [1.165, 1.54) is 0 Å². The third-order valence-electron chi connectivity index (χ3n) is 11.4. The van der Waals surface area contributed by atoms with E-state index in [-0.39, 0.29) is 47.2 Å². The molecule has 0 radical (unpaired) electrons. The Kier molecular flexibility index (Phi) is 11.3. The summed E-state index contributed by atoms with van der Waals surface area (Å²) < 4.78 is 6.47. The number of rotatable bonds is 10. The van der Waals surface area contributed by atoms with Crippen LogP contribution in [0.15, 0.2) is 67.0 Å². The topological polar surface area (TPSA) is 143 Å². The molecule has 1 saturated carbocycles. The van der Waals surface area contributed by atoms with E-state index in [0.29, 0.717) is 31.0 Å². The zero-order valence-electron chi connectivity index (χ0n) is 28.6. The first-order valence-corrected chi connectivity index (χ1v) is 18.3. The lowest BCUT2D eigenvalue weighted by molar-refractivity contribution is -0.00706. The smallest absolute Gasteiger partial charge is 0.161 e. The third kappa shape index (κ3) is 7.85. The van der Waals surface area contributed by atoms with Crippen LogP contribution in [-0.4, -0.2) is 50.3 Å². The summed E-state index contributed by atoms with van der Waals surface area (Å²) in [7, 11) is 0. The van der Waals surface area contributed by atoms with Crippen LogP contribution in [0, 0.1) is 29.6 Å². The number of aromatic nitrogens is 2. The molecule has 0 saturated heterocycles. The van der Waals surface area contributed by atoms with Gasteiger partial charge in [-0.15, -0.1) is 0 Å². The van der Waals surface area contributed by atoms with E-state index in [0.717, 1.165) is 68.2 Å². The largest absolute Gasteiger partial charge is 0.667 e. The number of phenolic OH excluding ortho intramolecular Hbond substituents is 1. The Labute approximate surface area is 290 Å². The standard InChI is InChI=1S/C41H52N3O5/c1-2-27-8-3-4-9-35(47)40-28(12-11-27)13-14-29(22-36(40)48)30-15-16-34(46)37(23-30)49-32(26-45)25-33(31-17-21-44-39(42)24-31)41(18-5-6-19-41)38-10-7-20-43-38/h7,10,13-17,20-21,23-24,27-29,32-33,35-36,40,45-48H,2-6,8-9,18-19,22,25-26H2,1H3,(H2,42,44)/q-1. The van der Waals surface area contributed by atoms with Crippen LogP contribution in [0.25, 0.3) is 0 Å². The average Bonchev–Trinajstić information content (AvgIpc) is 3.80. The first-order chi connectivity index (χ1) is 23.8. The number of allylic oxidation sites excluding steroid dienone is 2. The zero-order valence-corrected chi connectivity index (χ0v) is 28.6. The van der Waals surface area contributed by atoms with Gasteiger partial charge in [0.2, 0.25) is 0 Å². The maximum atomic E-state index is 11.5. The summed E-state index contributed by atoms with van der Waals surface area (Å²) in [5, 5.41) is 44.4. The van der Waals surface area contributed by atoms with E-state index in [1.54, 1.807) is 12.3 Å². The summed E-state index contributed by atoms with van der Waals surface area (Å²) in [6, 6.07) is 13.3. The molecule has 6 rings (SSSR count). The summed E-state index contributed by atoms with van der Waals surface area (Å²) in [6.07, 6.45) is 15.4. The molecule has 3 aromatic rings. The highest BCUT2D eigenvalue weighted by molar-refractivity contribution is 5.45. The van der Waals surface area contributed by atoms with Gasteiger partial charge in [0.15, 0.2) is 11.5 Å². The first kappa shape index (κ1) is 35.1. The molecule has 1 fully saturated rings. The molecule has 8 unspecified atom stereocenters. The molecule has 0 amide bonds. The van der Waals surface area contributed by atoms with Crippen molar-refractivity contribution in [3.8, 4) is 23.3 Å². The number of fused-ring (bicyclic) bond motifs is 1. The van der Waals surface area contributed by atoms with Crippen molar-refractivity contribution in [3.63, 3.8) is 0 Å². The lowest BCUT2D eigenvalue weighted by atomic mass is 9.66. The lowest BCUT2D eigenvalue weighted by Gasteiger charge is -2.43. The Morgan fingerprint density at radius 2 is 1.84 bits per heavy atom. The minimum Gasteiger partial charge on any atom is -0.667 e. The summed E-state index contributed by atoms with van der Waals surface area (Å²) in [6.45, 7) is 1.92.